The lowest BCUT2D eigenvalue weighted by molar-refractivity contribution is 0.0971. The monoisotopic (exact) mass is 466 g/mol. The molecule has 2 aromatic heterocycles. The SMILES string of the molecule is O=C1c2oc3ccccc3c(=O)c2[C@@H](c2cccc(OCc3ccccc3)c2)N1c1nccs1. The second-order valence-electron chi connectivity index (χ2n) is 7.91. The molecule has 0 spiro atoms. The largest absolute Gasteiger partial charge is 0.489 e. The van der Waals surface area contributed by atoms with Crippen LogP contribution in [-0.4, -0.2) is 10.9 Å². The van der Waals surface area contributed by atoms with E-state index in [2.05, 4.69) is 4.98 Å². The van der Waals surface area contributed by atoms with Gasteiger partial charge >= 0.3 is 0 Å². The molecule has 0 fully saturated rings. The number of amides is 1. The molecule has 0 saturated carbocycles. The molecule has 0 unspecified atom stereocenters. The van der Waals surface area contributed by atoms with Crippen molar-refractivity contribution in [1.29, 1.82) is 0 Å². The van der Waals surface area contributed by atoms with Crippen molar-refractivity contribution in [2.45, 2.75) is 12.6 Å². The van der Waals surface area contributed by atoms with Crippen molar-refractivity contribution in [3.05, 3.63) is 123 Å². The fraction of sp³-hybridized carbons (Fsp3) is 0.0741. The minimum Gasteiger partial charge on any atom is -0.489 e. The topological polar surface area (TPSA) is 72.6 Å². The minimum atomic E-state index is -0.671. The molecule has 166 valence electrons. The van der Waals surface area contributed by atoms with Crippen molar-refractivity contribution < 1.29 is 13.9 Å². The van der Waals surface area contributed by atoms with Crippen LogP contribution in [0.5, 0.6) is 5.75 Å². The fourth-order valence-corrected chi connectivity index (χ4v) is 4.95. The summed E-state index contributed by atoms with van der Waals surface area (Å²) in [5.41, 5.74) is 2.28. The van der Waals surface area contributed by atoms with E-state index >= 15 is 0 Å². The first-order chi connectivity index (χ1) is 16.7. The van der Waals surface area contributed by atoms with E-state index in [-0.39, 0.29) is 17.1 Å². The van der Waals surface area contributed by atoms with Gasteiger partial charge in [0.2, 0.25) is 5.76 Å². The fourth-order valence-electron chi connectivity index (χ4n) is 4.28. The van der Waals surface area contributed by atoms with Gasteiger partial charge in [-0.25, -0.2) is 4.98 Å². The Bertz CT molecular complexity index is 1560. The third kappa shape index (κ3) is 3.38. The van der Waals surface area contributed by atoms with Crippen molar-refractivity contribution in [2.24, 2.45) is 0 Å². The van der Waals surface area contributed by atoms with E-state index in [1.165, 1.54) is 16.2 Å². The van der Waals surface area contributed by atoms with Crippen LogP contribution in [0.15, 0.2) is 99.7 Å². The van der Waals surface area contributed by atoms with Crippen molar-refractivity contribution >= 4 is 33.3 Å². The number of para-hydroxylation sites is 1. The highest BCUT2D eigenvalue weighted by Crippen LogP contribution is 2.42. The second kappa shape index (κ2) is 8.28. The predicted molar refractivity (Wildman–Crippen MR) is 130 cm³/mol. The molecule has 0 bridgehead atoms. The summed E-state index contributed by atoms with van der Waals surface area (Å²) in [6, 6.07) is 23.7. The number of carbonyl (C=O) groups is 1. The summed E-state index contributed by atoms with van der Waals surface area (Å²) in [6.07, 6.45) is 1.64. The Morgan fingerprint density at radius 2 is 1.79 bits per heavy atom. The van der Waals surface area contributed by atoms with Crippen molar-refractivity contribution in [2.75, 3.05) is 4.90 Å². The van der Waals surface area contributed by atoms with Gasteiger partial charge in [0, 0.05) is 11.6 Å². The average molecular weight is 467 g/mol. The van der Waals surface area contributed by atoms with Gasteiger partial charge in [0.05, 0.1) is 17.0 Å². The summed E-state index contributed by atoms with van der Waals surface area (Å²) < 4.78 is 12.0. The first-order valence-electron chi connectivity index (χ1n) is 10.8. The molecule has 1 aliphatic rings. The number of benzene rings is 3. The van der Waals surface area contributed by atoms with Crippen molar-refractivity contribution in [3.8, 4) is 5.75 Å². The van der Waals surface area contributed by atoms with Gasteiger partial charge in [0.25, 0.3) is 5.91 Å². The van der Waals surface area contributed by atoms with Gasteiger partial charge in [-0.05, 0) is 35.4 Å². The number of thiazole rings is 1. The predicted octanol–water partition coefficient (Wildman–Crippen LogP) is 5.58. The maximum atomic E-state index is 13.6. The molecule has 0 radical (unpaired) electrons. The Labute approximate surface area is 198 Å². The van der Waals surface area contributed by atoms with Crippen LogP contribution in [0.3, 0.4) is 0 Å². The summed E-state index contributed by atoms with van der Waals surface area (Å²) in [4.78, 5) is 33.0. The van der Waals surface area contributed by atoms with E-state index in [4.69, 9.17) is 9.15 Å². The van der Waals surface area contributed by atoms with Crippen LogP contribution in [0, 0.1) is 0 Å². The summed E-state index contributed by atoms with van der Waals surface area (Å²) in [5.74, 6) is 0.319. The van der Waals surface area contributed by atoms with E-state index in [1.54, 1.807) is 35.8 Å². The van der Waals surface area contributed by atoms with Gasteiger partial charge in [-0.1, -0.05) is 54.6 Å². The molecule has 1 amide bonds. The summed E-state index contributed by atoms with van der Waals surface area (Å²) in [5, 5.41) is 2.74. The van der Waals surface area contributed by atoms with E-state index in [1.807, 2.05) is 54.6 Å². The van der Waals surface area contributed by atoms with Crippen molar-refractivity contribution in [1.82, 2.24) is 4.98 Å². The lowest BCUT2D eigenvalue weighted by atomic mass is 9.98. The lowest BCUT2D eigenvalue weighted by Crippen LogP contribution is -2.29. The molecule has 0 aliphatic carbocycles. The summed E-state index contributed by atoms with van der Waals surface area (Å²) in [6.45, 7) is 0.410. The Kier molecular flexibility index (Phi) is 4.96. The molecule has 1 aliphatic heterocycles. The zero-order valence-corrected chi connectivity index (χ0v) is 18.7. The first kappa shape index (κ1) is 20.4. The highest BCUT2D eigenvalue weighted by Gasteiger charge is 2.44. The number of ether oxygens (including phenoxy) is 1. The van der Waals surface area contributed by atoms with Crippen LogP contribution in [0.2, 0.25) is 0 Å². The number of anilines is 1. The maximum absolute atomic E-state index is 13.6. The molecule has 34 heavy (non-hydrogen) atoms. The Balaban J connectivity index is 1.47. The Morgan fingerprint density at radius 3 is 2.62 bits per heavy atom. The van der Waals surface area contributed by atoms with Crippen LogP contribution in [-0.2, 0) is 6.61 Å². The van der Waals surface area contributed by atoms with Gasteiger partial charge in [-0.15, -0.1) is 11.3 Å². The normalized spacial score (nSPS) is 15.0. The number of hydrogen-bond donors (Lipinski definition) is 0. The number of fused-ring (bicyclic) bond motifs is 2. The zero-order valence-electron chi connectivity index (χ0n) is 17.9. The van der Waals surface area contributed by atoms with Gasteiger partial charge in [0.15, 0.2) is 10.6 Å². The van der Waals surface area contributed by atoms with Gasteiger partial charge < -0.3 is 9.15 Å². The molecule has 3 aromatic carbocycles. The Morgan fingerprint density at radius 1 is 0.971 bits per heavy atom. The van der Waals surface area contributed by atoms with Crippen LogP contribution in [0.25, 0.3) is 11.0 Å². The third-order valence-electron chi connectivity index (χ3n) is 5.83. The smallest absolute Gasteiger partial charge is 0.297 e. The van der Waals surface area contributed by atoms with E-state index in [0.717, 1.165) is 11.1 Å². The molecular formula is C27H18N2O4S. The van der Waals surface area contributed by atoms with Crippen LogP contribution in [0.1, 0.15) is 33.3 Å². The summed E-state index contributed by atoms with van der Waals surface area (Å²) >= 11 is 1.33. The number of carbonyl (C=O) groups excluding carboxylic acids is 1. The molecule has 7 heteroatoms. The molecule has 6 nitrogen and oxygen atoms in total. The molecule has 5 aromatic rings. The average Bonchev–Trinajstić information content (AvgIpc) is 3.50. The van der Waals surface area contributed by atoms with Crippen LogP contribution < -0.4 is 15.1 Å². The van der Waals surface area contributed by atoms with Gasteiger partial charge in [-0.3, -0.25) is 14.5 Å². The standard InChI is InChI=1S/C27H18N2O4S/c30-24-20-11-4-5-12-21(20)33-25-22(24)23(29(26(25)31)27-28-13-14-34-27)18-9-6-10-19(15-18)32-16-17-7-2-1-3-8-17/h1-15,23H,16H2/t23-/m1/s1. The maximum Gasteiger partial charge on any atom is 0.297 e. The van der Waals surface area contributed by atoms with E-state index in [0.29, 0.717) is 34.0 Å². The van der Waals surface area contributed by atoms with Crippen LogP contribution in [0.4, 0.5) is 5.13 Å². The van der Waals surface area contributed by atoms with Crippen LogP contribution >= 0.6 is 11.3 Å². The van der Waals surface area contributed by atoms with E-state index in [9.17, 15) is 9.59 Å². The zero-order chi connectivity index (χ0) is 23.1. The molecule has 0 saturated heterocycles. The number of aromatic nitrogens is 1. The third-order valence-corrected chi connectivity index (χ3v) is 6.60. The van der Waals surface area contributed by atoms with Gasteiger partial charge in [-0.2, -0.15) is 0 Å². The molecule has 1 atom stereocenters. The summed E-state index contributed by atoms with van der Waals surface area (Å²) in [7, 11) is 0. The van der Waals surface area contributed by atoms with E-state index < -0.39 is 6.04 Å². The molecular weight excluding hydrogens is 448 g/mol. The second-order valence-corrected chi connectivity index (χ2v) is 8.78. The highest BCUT2D eigenvalue weighted by atomic mass is 32.1. The highest BCUT2D eigenvalue weighted by molar-refractivity contribution is 7.13. The number of hydrogen-bond acceptors (Lipinski definition) is 6. The van der Waals surface area contributed by atoms with Gasteiger partial charge in [0.1, 0.15) is 17.9 Å². The number of rotatable bonds is 5. The number of nitrogens with zero attached hydrogens (tertiary/aromatic N) is 2. The molecule has 6 rings (SSSR count). The van der Waals surface area contributed by atoms with Crippen molar-refractivity contribution in [3.63, 3.8) is 0 Å². The minimum absolute atomic E-state index is 0.0551. The molecule has 3 heterocycles. The Hall–Kier alpha value is -4.23. The quantitative estimate of drug-likeness (QED) is 0.338. The molecule has 0 N–H and O–H groups in total. The first-order valence-corrected chi connectivity index (χ1v) is 11.6. The lowest BCUT2D eigenvalue weighted by Gasteiger charge is -2.23.